The van der Waals surface area contributed by atoms with Gasteiger partial charge in [-0.15, -0.1) is 0 Å². The van der Waals surface area contributed by atoms with Gasteiger partial charge in [0, 0.05) is 23.3 Å². The molecule has 1 aliphatic rings. The molecule has 3 nitrogen and oxygen atoms in total. The number of benzene rings is 1. The fourth-order valence-corrected chi connectivity index (χ4v) is 2.79. The second-order valence-corrected chi connectivity index (χ2v) is 5.61. The lowest BCUT2D eigenvalue weighted by atomic mass is 10.2. The van der Waals surface area contributed by atoms with Gasteiger partial charge < -0.3 is 10.6 Å². The van der Waals surface area contributed by atoms with E-state index in [9.17, 15) is 0 Å². The Balaban J connectivity index is 1.77. The molecule has 0 amide bonds. The van der Waals surface area contributed by atoms with Gasteiger partial charge in [0.05, 0.1) is 0 Å². The van der Waals surface area contributed by atoms with Gasteiger partial charge in [0.1, 0.15) is 0 Å². The number of nitrogens with zero attached hydrogens (tertiary/aromatic N) is 1. The fraction of sp³-hybridized carbons (Fsp3) is 0.500. The SMILES string of the molecule is CCN1CCC[C@@H]1CNC(=S)Nc1ccc(Cl)cc1. The predicted molar refractivity (Wildman–Crippen MR) is 85.9 cm³/mol. The first-order valence-corrected chi connectivity index (χ1v) is 7.52. The van der Waals surface area contributed by atoms with E-state index >= 15 is 0 Å². The molecule has 0 bridgehead atoms. The van der Waals surface area contributed by atoms with E-state index in [0.29, 0.717) is 11.2 Å². The summed E-state index contributed by atoms with van der Waals surface area (Å²) in [5.74, 6) is 0. The summed E-state index contributed by atoms with van der Waals surface area (Å²) in [4.78, 5) is 2.50. The van der Waals surface area contributed by atoms with Gasteiger partial charge in [0.2, 0.25) is 0 Å². The lowest BCUT2D eigenvalue weighted by Crippen LogP contribution is -2.41. The van der Waals surface area contributed by atoms with Crippen molar-refractivity contribution in [2.45, 2.75) is 25.8 Å². The molecule has 0 saturated carbocycles. The van der Waals surface area contributed by atoms with Crippen LogP contribution < -0.4 is 10.6 Å². The summed E-state index contributed by atoms with van der Waals surface area (Å²) in [7, 11) is 0. The minimum Gasteiger partial charge on any atom is -0.361 e. The second-order valence-electron chi connectivity index (χ2n) is 4.77. The van der Waals surface area contributed by atoms with Crippen LogP contribution in [-0.2, 0) is 0 Å². The Bertz CT molecular complexity index is 421. The zero-order chi connectivity index (χ0) is 13.7. The van der Waals surface area contributed by atoms with Crippen LogP contribution in [0.1, 0.15) is 19.8 Å². The molecule has 1 heterocycles. The van der Waals surface area contributed by atoms with Crippen LogP contribution in [0.15, 0.2) is 24.3 Å². The van der Waals surface area contributed by atoms with Gasteiger partial charge in [-0.25, -0.2) is 0 Å². The van der Waals surface area contributed by atoms with Crippen molar-refractivity contribution in [3.63, 3.8) is 0 Å². The van der Waals surface area contributed by atoms with Gasteiger partial charge >= 0.3 is 0 Å². The molecule has 1 atom stereocenters. The van der Waals surface area contributed by atoms with E-state index in [2.05, 4.69) is 22.5 Å². The summed E-state index contributed by atoms with van der Waals surface area (Å²) in [6.07, 6.45) is 2.54. The highest BCUT2D eigenvalue weighted by molar-refractivity contribution is 7.80. The van der Waals surface area contributed by atoms with Gasteiger partial charge in [-0.2, -0.15) is 0 Å². The number of hydrogen-bond acceptors (Lipinski definition) is 2. The lowest BCUT2D eigenvalue weighted by molar-refractivity contribution is 0.267. The molecule has 0 aliphatic carbocycles. The maximum atomic E-state index is 5.85. The first kappa shape index (κ1) is 14.6. The summed E-state index contributed by atoms with van der Waals surface area (Å²) in [6, 6.07) is 8.15. The van der Waals surface area contributed by atoms with E-state index in [1.807, 2.05) is 24.3 Å². The first-order valence-electron chi connectivity index (χ1n) is 6.73. The van der Waals surface area contributed by atoms with Crippen LogP contribution in [0.4, 0.5) is 5.69 Å². The third-order valence-electron chi connectivity index (χ3n) is 3.51. The van der Waals surface area contributed by atoms with Gasteiger partial charge in [-0.05, 0) is 62.4 Å². The van der Waals surface area contributed by atoms with Gasteiger partial charge in [0.15, 0.2) is 5.11 Å². The average molecular weight is 298 g/mol. The van der Waals surface area contributed by atoms with E-state index in [1.165, 1.54) is 19.4 Å². The molecule has 1 fully saturated rings. The van der Waals surface area contributed by atoms with Crippen LogP contribution >= 0.6 is 23.8 Å². The Morgan fingerprint density at radius 3 is 2.84 bits per heavy atom. The molecule has 1 saturated heterocycles. The van der Waals surface area contributed by atoms with Crippen molar-refractivity contribution in [2.75, 3.05) is 25.0 Å². The normalized spacial score (nSPS) is 19.4. The molecule has 1 aromatic carbocycles. The molecule has 104 valence electrons. The molecule has 1 aliphatic heterocycles. The molecule has 0 radical (unpaired) electrons. The highest BCUT2D eigenvalue weighted by Gasteiger charge is 2.22. The van der Waals surface area contributed by atoms with Gasteiger partial charge in [-0.1, -0.05) is 18.5 Å². The van der Waals surface area contributed by atoms with Crippen molar-refractivity contribution in [1.82, 2.24) is 10.2 Å². The number of rotatable bonds is 4. The highest BCUT2D eigenvalue weighted by Crippen LogP contribution is 2.16. The molecule has 5 heteroatoms. The van der Waals surface area contributed by atoms with Gasteiger partial charge in [-0.3, -0.25) is 4.90 Å². The number of thiocarbonyl (C=S) groups is 1. The Labute approximate surface area is 125 Å². The Hall–Kier alpha value is -0.840. The minimum atomic E-state index is 0.606. The lowest BCUT2D eigenvalue weighted by Gasteiger charge is -2.23. The predicted octanol–water partition coefficient (Wildman–Crippen LogP) is 3.11. The zero-order valence-corrected chi connectivity index (χ0v) is 12.7. The van der Waals surface area contributed by atoms with E-state index in [4.69, 9.17) is 23.8 Å². The van der Waals surface area contributed by atoms with Crippen molar-refractivity contribution in [2.24, 2.45) is 0 Å². The van der Waals surface area contributed by atoms with E-state index in [-0.39, 0.29) is 0 Å². The van der Waals surface area contributed by atoms with E-state index in [1.54, 1.807) is 0 Å². The van der Waals surface area contributed by atoms with Crippen molar-refractivity contribution in [1.29, 1.82) is 0 Å². The summed E-state index contributed by atoms with van der Waals surface area (Å²) in [5, 5.41) is 7.87. The Morgan fingerprint density at radius 1 is 1.42 bits per heavy atom. The molecule has 2 rings (SSSR count). The maximum Gasteiger partial charge on any atom is 0.170 e. The van der Waals surface area contributed by atoms with Crippen molar-refractivity contribution in [3.05, 3.63) is 29.3 Å². The maximum absolute atomic E-state index is 5.85. The van der Waals surface area contributed by atoms with Crippen LogP contribution in [0, 0.1) is 0 Å². The molecule has 0 unspecified atom stereocenters. The summed E-state index contributed by atoms with van der Waals surface area (Å²) in [6.45, 7) is 5.44. The molecule has 19 heavy (non-hydrogen) atoms. The van der Waals surface area contributed by atoms with Crippen molar-refractivity contribution in [3.8, 4) is 0 Å². The van der Waals surface area contributed by atoms with Crippen molar-refractivity contribution >= 4 is 34.6 Å². The fourth-order valence-electron chi connectivity index (χ4n) is 2.46. The molecule has 0 spiro atoms. The van der Waals surface area contributed by atoms with Crippen LogP contribution in [0.2, 0.25) is 5.02 Å². The van der Waals surface area contributed by atoms with Crippen LogP contribution in [0.3, 0.4) is 0 Å². The van der Waals surface area contributed by atoms with E-state index in [0.717, 1.165) is 23.8 Å². The summed E-state index contributed by atoms with van der Waals surface area (Å²) >= 11 is 11.2. The topological polar surface area (TPSA) is 27.3 Å². The van der Waals surface area contributed by atoms with E-state index < -0.39 is 0 Å². The smallest absolute Gasteiger partial charge is 0.170 e. The summed E-state index contributed by atoms with van der Waals surface area (Å²) < 4.78 is 0. The highest BCUT2D eigenvalue weighted by atomic mass is 35.5. The minimum absolute atomic E-state index is 0.606. The number of halogens is 1. The first-order chi connectivity index (χ1) is 9.19. The average Bonchev–Trinajstić information content (AvgIpc) is 2.86. The largest absolute Gasteiger partial charge is 0.361 e. The monoisotopic (exact) mass is 297 g/mol. The molecular weight excluding hydrogens is 278 g/mol. The number of likely N-dealkylation sites (tertiary alicyclic amines) is 1. The second kappa shape index (κ2) is 7.08. The standard InChI is InChI=1S/C14H20ClN3S/c1-2-18-9-3-4-13(18)10-16-14(19)17-12-7-5-11(15)6-8-12/h5-8,13H,2-4,9-10H2,1H3,(H2,16,17,19)/t13-/m1/s1. The Morgan fingerprint density at radius 2 is 2.16 bits per heavy atom. The third-order valence-corrected chi connectivity index (χ3v) is 4.00. The van der Waals surface area contributed by atoms with Crippen molar-refractivity contribution < 1.29 is 0 Å². The molecule has 0 aromatic heterocycles. The summed E-state index contributed by atoms with van der Waals surface area (Å²) in [5.41, 5.74) is 0.959. The quantitative estimate of drug-likeness (QED) is 0.835. The third kappa shape index (κ3) is 4.34. The number of likely N-dealkylation sites (N-methyl/N-ethyl adjacent to an activating group) is 1. The molecule has 2 N–H and O–H groups in total. The van der Waals surface area contributed by atoms with Crippen LogP contribution in [-0.4, -0.2) is 35.7 Å². The van der Waals surface area contributed by atoms with Crippen LogP contribution in [0.5, 0.6) is 0 Å². The number of nitrogens with one attached hydrogen (secondary N) is 2. The molecular formula is C14H20ClN3S. The number of hydrogen-bond donors (Lipinski definition) is 2. The van der Waals surface area contributed by atoms with Crippen LogP contribution in [0.25, 0.3) is 0 Å². The zero-order valence-electron chi connectivity index (χ0n) is 11.2. The number of anilines is 1. The van der Waals surface area contributed by atoms with Gasteiger partial charge in [0.25, 0.3) is 0 Å². The molecule has 1 aromatic rings. The Kier molecular flexibility index (Phi) is 5.43.